The Morgan fingerprint density at radius 1 is 0.597 bits per heavy atom. The highest BCUT2D eigenvalue weighted by molar-refractivity contribution is 6.42. The van der Waals surface area contributed by atoms with E-state index in [2.05, 4.69) is 56.5 Å². The van der Waals surface area contributed by atoms with Crippen LogP contribution in [0.4, 0.5) is 39.4 Å². The van der Waals surface area contributed by atoms with Crippen LogP contribution in [0.2, 0.25) is 20.1 Å². The minimum Gasteiger partial charge on any atom is -0.495 e. The van der Waals surface area contributed by atoms with Crippen LogP contribution in [0.5, 0.6) is 23.0 Å². The number of nitrogens with two attached hydrogens (primary N) is 1. The number of nitrogens with zero attached hydrogens (tertiary/aromatic N) is 6. The molecule has 1 amide bonds. The van der Waals surface area contributed by atoms with Gasteiger partial charge in [-0.3, -0.25) is 0 Å². The molecule has 0 aliphatic heterocycles. The highest BCUT2D eigenvalue weighted by Gasteiger charge is 2.31. The third-order valence-electron chi connectivity index (χ3n) is 11.6. The zero-order valence-corrected chi connectivity index (χ0v) is 43.2. The quantitative estimate of drug-likeness (QED) is 0.0562. The molecule has 8 rings (SSSR count). The number of rotatable bonds is 15. The van der Waals surface area contributed by atoms with Crippen LogP contribution in [0.3, 0.4) is 0 Å². The molecule has 72 heavy (non-hydrogen) atoms. The van der Waals surface area contributed by atoms with Crippen molar-refractivity contribution in [3.05, 3.63) is 93.7 Å². The average Bonchev–Trinajstić information content (AvgIpc) is 3.98. The molecule has 4 atom stereocenters. The second-order valence-electron chi connectivity index (χ2n) is 17.5. The highest BCUT2D eigenvalue weighted by atomic mass is 35.5. The van der Waals surface area contributed by atoms with Crippen molar-refractivity contribution < 1.29 is 28.5 Å². The summed E-state index contributed by atoms with van der Waals surface area (Å²) in [7, 11) is 6.07. The fraction of sp³-hybridized carbons (Fsp3) is 0.380. The number of halogens is 4. The second kappa shape index (κ2) is 24.9. The van der Waals surface area contributed by atoms with E-state index >= 15 is 0 Å². The number of aromatic nitrogens is 6. The molecule has 7 N–H and O–H groups in total. The molecule has 0 spiro atoms. The summed E-state index contributed by atoms with van der Waals surface area (Å²) in [6.45, 7) is 5.52. The molecule has 2 unspecified atom stereocenters. The Balaban J connectivity index is 0.000000236. The van der Waals surface area contributed by atoms with Crippen molar-refractivity contribution in [1.82, 2.24) is 35.2 Å². The molecule has 2 saturated carbocycles. The first kappa shape index (κ1) is 55.0. The van der Waals surface area contributed by atoms with Gasteiger partial charge in [0.25, 0.3) is 0 Å². The van der Waals surface area contributed by atoms with Crippen molar-refractivity contribution in [3.63, 3.8) is 0 Å². The summed E-state index contributed by atoms with van der Waals surface area (Å²) < 4.78 is 26.9. The number of methoxy groups -OCH3 is 4. The Kier molecular flexibility index (Phi) is 19.0. The van der Waals surface area contributed by atoms with Crippen molar-refractivity contribution >= 4 is 87.1 Å². The molecule has 2 aromatic carbocycles. The molecule has 2 aliphatic rings. The third-order valence-corrected chi connectivity index (χ3v) is 13.1. The lowest BCUT2D eigenvalue weighted by Crippen LogP contribution is -2.45. The van der Waals surface area contributed by atoms with Gasteiger partial charge >= 0.3 is 6.09 Å². The fourth-order valence-corrected chi connectivity index (χ4v) is 9.32. The minimum atomic E-state index is -0.562. The molecule has 18 nitrogen and oxygen atoms in total. The zero-order valence-electron chi connectivity index (χ0n) is 40.2. The number of ether oxygens (including phenoxy) is 5. The molecule has 22 heteroatoms. The summed E-state index contributed by atoms with van der Waals surface area (Å²) in [5, 5.41) is 17.5. The molecular weight excluding hydrogens is 1010 g/mol. The van der Waals surface area contributed by atoms with Crippen LogP contribution in [0.25, 0.3) is 22.5 Å². The molecule has 0 radical (unpaired) electrons. The number of nitrogens with one attached hydrogen (secondary N) is 5. The van der Waals surface area contributed by atoms with Gasteiger partial charge in [-0.2, -0.15) is 0 Å². The summed E-state index contributed by atoms with van der Waals surface area (Å²) in [4.78, 5) is 39.0. The van der Waals surface area contributed by atoms with Gasteiger partial charge in [0.15, 0.2) is 0 Å². The van der Waals surface area contributed by atoms with E-state index in [0.29, 0.717) is 84.6 Å². The first-order chi connectivity index (χ1) is 34.1. The SMILES string of the molecule is C.COc1cc(OC)c(Cl)c(Nc2ncccc2-c2cc(NC3CCC[C@@H]3N)ncn2)c1Cl.COc1cc(OC)c(Cl)c(Nc2ncccc2-c2cc(NC3CCC[C@@H]3NC(=O)OC(C)(C)C)ncn2)c1Cl. The third kappa shape index (κ3) is 13.4. The fourth-order valence-electron chi connectivity index (χ4n) is 8.13. The van der Waals surface area contributed by atoms with E-state index in [4.69, 9.17) is 75.8 Å². The second-order valence-corrected chi connectivity index (χ2v) is 19.0. The Labute approximate surface area is 439 Å². The van der Waals surface area contributed by atoms with Crippen LogP contribution in [0.15, 0.2) is 73.6 Å². The lowest BCUT2D eigenvalue weighted by Gasteiger charge is -2.25. The highest BCUT2D eigenvalue weighted by Crippen LogP contribution is 2.47. The number of hydrogen-bond acceptors (Lipinski definition) is 17. The predicted octanol–water partition coefficient (Wildman–Crippen LogP) is 12.0. The molecule has 2 fully saturated rings. The molecule has 6 aromatic rings. The van der Waals surface area contributed by atoms with Gasteiger partial charge < -0.3 is 56.0 Å². The number of carbonyl (C=O) groups excluding carboxylic acids is 1. The topological polar surface area (TPSA) is 227 Å². The van der Waals surface area contributed by atoms with E-state index in [9.17, 15) is 4.79 Å². The van der Waals surface area contributed by atoms with E-state index in [1.165, 1.54) is 41.1 Å². The standard InChI is InChI=1S/C27H32Cl2N6O4.C22H24Cl2N6O2.CH4/c1-27(2,3)39-26(36)34-17-10-6-9-16(17)33-21-12-18(31-14-32-21)15-8-7-11-30-25(15)35-24-22(28)19(37-4)13-20(38-5)23(24)29;1-31-16-10-17(32-2)20(24)21(19(16)23)30-22-12(5-4-8-26-22)15-9-18(28-11-27-15)29-14-7-3-6-13(14)25;/h7-8,11-14,16-17H,6,9-10H2,1-5H3,(H,30,35)(H,34,36)(H,31,32,33);4-5,8-11,13-14H,3,6-7,25H2,1-2H3,(H,26,30)(H,27,28,29);1H4/t16?,17-;13-,14?;/m00./s1. The first-order valence-electron chi connectivity index (χ1n) is 22.7. The summed E-state index contributed by atoms with van der Waals surface area (Å²) in [5.41, 5.74) is 9.21. The largest absolute Gasteiger partial charge is 0.495 e. The first-order valence-corrected chi connectivity index (χ1v) is 24.2. The normalized spacial score (nSPS) is 17.1. The van der Waals surface area contributed by atoms with Gasteiger partial charge in [0.05, 0.1) is 57.2 Å². The minimum absolute atomic E-state index is 0. The van der Waals surface area contributed by atoms with Gasteiger partial charge in [-0.15, -0.1) is 0 Å². The van der Waals surface area contributed by atoms with Crippen LogP contribution in [-0.4, -0.2) is 94.2 Å². The van der Waals surface area contributed by atoms with Crippen molar-refractivity contribution in [2.45, 2.75) is 96.5 Å². The number of alkyl carbamates (subject to hydrolysis) is 1. The van der Waals surface area contributed by atoms with Crippen LogP contribution in [0, 0.1) is 0 Å². The van der Waals surface area contributed by atoms with Crippen molar-refractivity contribution in [1.29, 1.82) is 0 Å². The summed E-state index contributed by atoms with van der Waals surface area (Å²) in [6, 6.07) is 14.6. The summed E-state index contributed by atoms with van der Waals surface area (Å²) in [6.07, 6.45) is 11.7. The predicted molar refractivity (Wildman–Crippen MR) is 287 cm³/mol. The molecular formula is C50H60Cl4N12O6. The zero-order chi connectivity index (χ0) is 50.8. The number of hydrogen-bond donors (Lipinski definition) is 6. The van der Waals surface area contributed by atoms with E-state index < -0.39 is 11.7 Å². The Bertz CT molecular complexity index is 2770. The van der Waals surface area contributed by atoms with Crippen molar-refractivity contribution in [3.8, 4) is 45.5 Å². The monoisotopic (exact) mass is 1060 g/mol. The lowest BCUT2D eigenvalue weighted by atomic mass is 10.1. The Morgan fingerprint density at radius 2 is 1.01 bits per heavy atom. The van der Waals surface area contributed by atoms with Crippen molar-refractivity contribution in [2.75, 3.05) is 49.7 Å². The van der Waals surface area contributed by atoms with Gasteiger partial charge in [0, 0.05) is 65.9 Å². The van der Waals surface area contributed by atoms with E-state index in [1.807, 2.05) is 57.2 Å². The molecule has 0 bridgehead atoms. The van der Waals surface area contributed by atoms with Gasteiger partial charge in [-0.1, -0.05) is 53.8 Å². The number of anilines is 6. The number of amides is 1. The lowest BCUT2D eigenvalue weighted by molar-refractivity contribution is 0.0503. The number of pyridine rings is 2. The van der Waals surface area contributed by atoms with E-state index in [0.717, 1.165) is 44.1 Å². The van der Waals surface area contributed by atoms with Gasteiger partial charge in [0.1, 0.15) is 84.6 Å². The smallest absolute Gasteiger partial charge is 0.407 e. The van der Waals surface area contributed by atoms with Crippen LogP contribution < -0.4 is 51.3 Å². The molecule has 4 heterocycles. The average molecular weight is 1070 g/mol. The molecule has 2 aliphatic carbocycles. The summed E-state index contributed by atoms with van der Waals surface area (Å²) in [5.74, 6) is 3.99. The van der Waals surface area contributed by atoms with Gasteiger partial charge in [-0.05, 0) is 83.6 Å². The number of benzene rings is 2. The van der Waals surface area contributed by atoms with Crippen LogP contribution >= 0.6 is 46.4 Å². The maximum Gasteiger partial charge on any atom is 0.407 e. The Hall–Kier alpha value is -6.31. The van der Waals surface area contributed by atoms with Crippen molar-refractivity contribution in [2.24, 2.45) is 5.73 Å². The Morgan fingerprint density at radius 3 is 1.43 bits per heavy atom. The van der Waals surface area contributed by atoms with E-state index in [1.54, 1.807) is 24.5 Å². The molecule has 384 valence electrons. The van der Waals surface area contributed by atoms with Crippen LogP contribution in [-0.2, 0) is 4.74 Å². The molecule has 4 aromatic heterocycles. The maximum absolute atomic E-state index is 12.3. The maximum atomic E-state index is 12.3. The van der Waals surface area contributed by atoms with Gasteiger partial charge in [0.2, 0.25) is 0 Å². The number of carbonyl (C=O) groups is 1. The molecule has 0 saturated heterocycles. The summed E-state index contributed by atoms with van der Waals surface area (Å²) >= 11 is 26.2. The van der Waals surface area contributed by atoms with Gasteiger partial charge in [-0.25, -0.2) is 34.7 Å². The van der Waals surface area contributed by atoms with E-state index in [-0.39, 0.29) is 41.6 Å². The van der Waals surface area contributed by atoms with Crippen LogP contribution in [0.1, 0.15) is 66.7 Å².